The van der Waals surface area contributed by atoms with Gasteiger partial charge in [0, 0.05) is 49.3 Å². The van der Waals surface area contributed by atoms with Crippen molar-refractivity contribution in [1.82, 2.24) is 15.6 Å². The van der Waals surface area contributed by atoms with Gasteiger partial charge in [0.15, 0.2) is 5.96 Å². The molecule has 7 heteroatoms. The van der Waals surface area contributed by atoms with Gasteiger partial charge in [-0.3, -0.25) is 4.99 Å². The molecule has 154 valence electrons. The summed E-state index contributed by atoms with van der Waals surface area (Å²) in [6.45, 7) is 5.76. The zero-order chi connectivity index (χ0) is 20.1. The maximum Gasteiger partial charge on any atom is 0.191 e. The molecule has 0 atom stereocenters. The number of anilines is 1. The van der Waals surface area contributed by atoms with Gasteiger partial charge in [0.1, 0.15) is 5.82 Å². The molecule has 0 bridgehead atoms. The molecule has 1 aromatic carbocycles. The molecule has 0 amide bonds. The highest BCUT2D eigenvalue weighted by atomic mass is 32.1. The van der Waals surface area contributed by atoms with Crippen LogP contribution >= 0.6 is 11.3 Å². The standard InChI is InChI=1S/C22H28FN5S/c1-2-24-22(27-18-8-11-28(12-9-18)21-4-3-13-29-21)25-10-7-16-15-26-20-14-17(23)5-6-19(16)20/h3-6,13-15,18,26H,2,7-12H2,1H3,(H2,24,25,27). The summed E-state index contributed by atoms with van der Waals surface area (Å²) in [5.41, 5.74) is 2.01. The first-order valence-electron chi connectivity index (χ1n) is 10.3. The van der Waals surface area contributed by atoms with Gasteiger partial charge < -0.3 is 20.5 Å². The first-order chi connectivity index (χ1) is 14.2. The number of aromatic amines is 1. The molecule has 0 unspecified atom stereocenters. The summed E-state index contributed by atoms with van der Waals surface area (Å²) in [7, 11) is 0. The number of aromatic nitrogens is 1. The molecule has 1 aliphatic heterocycles. The Bertz CT molecular complexity index is 941. The molecule has 0 radical (unpaired) electrons. The first-order valence-corrected chi connectivity index (χ1v) is 11.2. The van der Waals surface area contributed by atoms with Gasteiger partial charge in [0.25, 0.3) is 0 Å². The number of fused-ring (bicyclic) bond motifs is 1. The Morgan fingerprint density at radius 1 is 1.31 bits per heavy atom. The van der Waals surface area contributed by atoms with E-state index in [1.807, 2.05) is 23.6 Å². The normalized spacial score (nSPS) is 15.8. The third kappa shape index (κ3) is 4.90. The molecule has 0 aliphatic carbocycles. The van der Waals surface area contributed by atoms with Crippen molar-refractivity contribution in [2.45, 2.75) is 32.2 Å². The number of rotatable bonds is 6. The van der Waals surface area contributed by atoms with Crippen LogP contribution < -0.4 is 15.5 Å². The maximum absolute atomic E-state index is 13.4. The van der Waals surface area contributed by atoms with Crippen LogP contribution in [0.1, 0.15) is 25.3 Å². The lowest BCUT2D eigenvalue weighted by molar-refractivity contribution is 0.463. The van der Waals surface area contributed by atoms with Gasteiger partial charge in [0.05, 0.1) is 5.00 Å². The van der Waals surface area contributed by atoms with Crippen LogP contribution in [0.25, 0.3) is 10.9 Å². The van der Waals surface area contributed by atoms with Gasteiger partial charge in [-0.25, -0.2) is 4.39 Å². The second-order valence-corrected chi connectivity index (χ2v) is 8.30. The van der Waals surface area contributed by atoms with E-state index in [0.29, 0.717) is 12.6 Å². The minimum absolute atomic E-state index is 0.215. The molecule has 3 N–H and O–H groups in total. The SMILES string of the molecule is CCNC(=NCCc1c[nH]c2cc(F)ccc12)NC1CCN(c2cccs2)CC1. The van der Waals surface area contributed by atoms with Crippen molar-refractivity contribution < 1.29 is 4.39 Å². The van der Waals surface area contributed by atoms with Crippen LogP contribution in [0, 0.1) is 5.82 Å². The van der Waals surface area contributed by atoms with Gasteiger partial charge in [-0.2, -0.15) is 0 Å². The number of aliphatic imine (C=N–C) groups is 1. The van der Waals surface area contributed by atoms with Crippen LogP contribution in [0.15, 0.2) is 46.9 Å². The Hall–Kier alpha value is -2.54. The van der Waals surface area contributed by atoms with Crippen molar-refractivity contribution >= 4 is 33.2 Å². The van der Waals surface area contributed by atoms with Gasteiger partial charge in [-0.05, 0) is 67.5 Å². The highest BCUT2D eigenvalue weighted by molar-refractivity contribution is 7.14. The van der Waals surface area contributed by atoms with Crippen LogP contribution in [0.5, 0.6) is 0 Å². The van der Waals surface area contributed by atoms with E-state index < -0.39 is 0 Å². The molecule has 1 fully saturated rings. The average Bonchev–Trinajstić information content (AvgIpc) is 3.39. The van der Waals surface area contributed by atoms with E-state index in [0.717, 1.165) is 55.8 Å². The highest BCUT2D eigenvalue weighted by Crippen LogP contribution is 2.25. The molecule has 1 aliphatic rings. The highest BCUT2D eigenvalue weighted by Gasteiger charge is 2.20. The molecule has 2 aromatic heterocycles. The molecule has 5 nitrogen and oxygen atoms in total. The van der Waals surface area contributed by atoms with Crippen molar-refractivity contribution in [3.63, 3.8) is 0 Å². The number of hydrogen-bond acceptors (Lipinski definition) is 3. The lowest BCUT2D eigenvalue weighted by Crippen LogP contribution is -2.48. The summed E-state index contributed by atoms with van der Waals surface area (Å²) in [5, 5.41) is 11.5. The Morgan fingerprint density at radius 3 is 2.93 bits per heavy atom. The molecular weight excluding hydrogens is 385 g/mol. The Balaban J connectivity index is 1.32. The summed E-state index contributed by atoms with van der Waals surface area (Å²) in [5.74, 6) is 0.667. The maximum atomic E-state index is 13.4. The zero-order valence-electron chi connectivity index (χ0n) is 16.7. The molecule has 1 saturated heterocycles. The minimum atomic E-state index is -0.215. The smallest absolute Gasteiger partial charge is 0.191 e. The minimum Gasteiger partial charge on any atom is -0.363 e. The predicted octanol–water partition coefficient (Wildman–Crippen LogP) is 4.14. The van der Waals surface area contributed by atoms with Crippen molar-refractivity contribution in [1.29, 1.82) is 0 Å². The van der Waals surface area contributed by atoms with Crippen LogP contribution in [0.4, 0.5) is 9.39 Å². The quantitative estimate of drug-likeness (QED) is 0.421. The van der Waals surface area contributed by atoms with E-state index >= 15 is 0 Å². The Morgan fingerprint density at radius 2 is 2.17 bits per heavy atom. The van der Waals surface area contributed by atoms with E-state index in [1.54, 1.807) is 0 Å². The number of H-pyrrole nitrogens is 1. The van der Waals surface area contributed by atoms with Crippen LogP contribution in [0.3, 0.4) is 0 Å². The molecule has 3 heterocycles. The third-order valence-corrected chi connectivity index (χ3v) is 6.31. The fourth-order valence-corrected chi connectivity index (χ4v) is 4.65. The number of nitrogens with one attached hydrogen (secondary N) is 3. The summed E-state index contributed by atoms with van der Waals surface area (Å²) < 4.78 is 13.4. The second-order valence-electron chi connectivity index (χ2n) is 7.37. The van der Waals surface area contributed by atoms with Gasteiger partial charge in [-0.1, -0.05) is 0 Å². The molecule has 3 aromatic rings. The van der Waals surface area contributed by atoms with Crippen molar-refractivity contribution in [3.8, 4) is 0 Å². The summed E-state index contributed by atoms with van der Waals surface area (Å²) >= 11 is 1.81. The first kappa shape index (κ1) is 19.8. The van der Waals surface area contributed by atoms with E-state index in [4.69, 9.17) is 4.99 Å². The molecule has 0 spiro atoms. The summed E-state index contributed by atoms with van der Waals surface area (Å²) in [4.78, 5) is 10.4. The zero-order valence-corrected chi connectivity index (χ0v) is 17.6. The van der Waals surface area contributed by atoms with Crippen molar-refractivity contribution in [3.05, 3.63) is 53.3 Å². The Labute approximate surface area is 175 Å². The van der Waals surface area contributed by atoms with Crippen molar-refractivity contribution in [2.75, 3.05) is 31.1 Å². The van der Waals surface area contributed by atoms with E-state index in [9.17, 15) is 4.39 Å². The largest absolute Gasteiger partial charge is 0.363 e. The molecule has 4 rings (SSSR count). The topological polar surface area (TPSA) is 55.5 Å². The number of hydrogen-bond donors (Lipinski definition) is 3. The fourth-order valence-electron chi connectivity index (χ4n) is 3.86. The fraction of sp³-hybridized carbons (Fsp3) is 0.409. The lowest BCUT2D eigenvalue weighted by atomic mass is 10.1. The average molecular weight is 414 g/mol. The van der Waals surface area contributed by atoms with Crippen LogP contribution in [0.2, 0.25) is 0 Å². The molecule has 0 saturated carbocycles. The predicted molar refractivity (Wildman–Crippen MR) is 121 cm³/mol. The lowest BCUT2D eigenvalue weighted by Gasteiger charge is -2.33. The number of halogens is 1. The number of thiophene rings is 1. The number of piperidine rings is 1. The third-order valence-electron chi connectivity index (χ3n) is 5.38. The van der Waals surface area contributed by atoms with Crippen LogP contribution in [-0.2, 0) is 6.42 Å². The van der Waals surface area contributed by atoms with E-state index in [2.05, 4.69) is 45.0 Å². The van der Waals surface area contributed by atoms with E-state index in [1.165, 1.54) is 22.7 Å². The van der Waals surface area contributed by atoms with Crippen LogP contribution in [-0.4, -0.2) is 43.2 Å². The summed E-state index contributed by atoms with van der Waals surface area (Å²) in [6.07, 6.45) is 4.99. The second kappa shape index (κ2) is 9.31. The monoisotopic (exact) mass is 413 g/mol. The van der Waals surface area contributed by atoms with E-state index in [-0.39, 0.29) is 5.82 Å². The number of nitrogens with zero attached hydrogens (tertiary/aromatic N) is 2. The van der Waals surface area contributed by atoms with Gasteiger partial charge >= 0.3 is 0 Å². The van der Waals surface area contributed by atoms with Gasteiger partial charge in [-0.15, -0.1) is 11.3 Å². The molecule has 29 heavy (non-hydrogen) atoms. The van der Waals surface area contributed by atoms with Crippen molar-refractivity contribution in [2.24, 2.45) is 4.99 Å². The summed E-state index contributed by atoms with van der Waals surface area (Å²) in [6, 6.07) is 9.64. The van der Waals surface area contributed by atoms with Gasteiger partial charge in [0.2, 0.25) is 0 Å². The number of benzene rings is 1. The molecular formula is C22H28FN5S. The number of guanidine groups is 1. The Kier molecular flexibility index (Phi) is 6.34.